The van der Waals surface area contributed by atoms with Crippen LogP contribution in [0.15, 0.2) is 18.2 Å². The maximum Gasteiger partial charge on any atom is 0.165 e. The van der Waals surface area contributed by atoms with E-state index in [2.05, 4.69) is 12.2 Å². The zero-order valence-electron chi connectivity index (χ0n) is 11.0. The number of hydrogen-bond acceptors (Lipinski definition) is 2. The lowest BCUT2D eigenvalue weighted by Crippen LogP contribution is -2.15. The van der Waals surface area contributed by atoms with Crippen molar-refractivity contribution in [2.24, 2.45) is 5.92 Å². The molecule has 0 aliphatic heterocycles. The highest BCUT2D eigenvalue weighted by Crippen LogP contribution is 2.17. The zero-order chi connectivity index (χ0) is 13.4. The Hall–Kier alpha value is -0.800. The quantitative estimate of drug-likeness (QED) is 0.577. The highest BCUT2D eigenvalue weighted by molar-refractivity contribution is 6.18. The summed E-state index contributed by atoms with van der Waals surface area (Å²) in [5.74, 6) is 1.25. The first-order valence-electron chi connectivity index (χ1n) is 6.26. The third-order valence-corrected chi connectivity index (χ3v) is 3.39. The molecule has 0 saturated heterocycles. The first-order valence-corrected chi connectivity index (χ1v) is 6.80. The Balaban J connectivity index is 2.25. The molecule has 0 amide bonds. The summed E-state index contributed by atoms with van der Waals surface area (Å²) in [7, 11) is 1.47. The van der Waals surface area contributed by atoms with Crippen LogP contribution in [-0.4, -0.2) is 19.5 Å². The molecular weight excluding hydrogens is 253 g/mol. The molecule has 1 aromatic rings. The van der Waals surface area contributed by atoms with E-state index in [9.17, 15) is 4.39 Å². The minimum atomic E-state index is -0.312. The van der Waals surface area contributed by atoms with Crippen LogP contribution in [0.1, 0.15) is 25.3 Å². The minimum absolute atomic E-state index is 0.287. The number of benzene rings is 1. The summed E-state index contributed by atoms with van der Waals surface area (Å²) in [4.78, 5) is 0. The summed E-state index contributed by atoms with van der Waals surface area (Å²) in [6, 6.07) is 5.03. The molecule has 2 nitrogen and oxygen atoms in total. The molecule has 0 aromatic heterocycles. The van der Waals surface area contributed by atoms with Gasteiger partial charge in [0.15, 0.2) is 11.6 Å². The fourth-order valence-electron chi connectivity index (χ4n) is 1.71. The molecule has 1 rings (SSSR count). The van der Waals surface area contributed by atoms with Gasteiger partial charge in [-0.25, -0.2) is 4.39 Å². The largest absolute Gasteiger partial charge is 0.494 e. The van der Waals surface area contributed by atoms with Crippen LogP contribution < -0.4 is 10.1 Å². The summed E-state index contributed by atoms with van der Waals surface area (Å²) in [6.07, 6.45) is 2.21. The van der Waals surface area contributed by atoms with Gasteiger partial charge in [-0.15, -0.1) is 11.6 Å². The van der Waals surface area contributed by atoms with Crippen molar-refractivity contribution < 1.29 is 9.13 Å². The van der Waals surface area contributed by atoms with Gasteiger partial charge >= 0.3 is 0 Å². The SMILES string of the molecule is COc1ccc(CNCCCC(C)CCl)cc1F. The minimum Gasteiger partial charge on any atom is -0.494 e. The third kappa shape index (κ3) is 5.23. The summed E-state index contributed by atoms with van der Waals surface area (Å²) in [5.41, 5.74) is 0.929. The van der Waals surface area contributed by atoms with Gasteiger partial charge in [-0.1, -0.05) is 13.0 Å². The zero-order valence-corrected chi connectivity index (χ0v) is 11.8. The van der Waals surface area contributed by atoms with Gasteiger partial charge < -0.3 is 10.1 Å². The van der Waals surface area contributed by atoms with Crippen LogP contribution in [0.3, 0.4) is 0 Å². The molecule has 4 heteroatoms. The van der Waals surface area contributed by atoms with Crippen molar-refractivity contribution in [1.82, 2.24) is 5.32 Å². The molecule has 102 valence electrons. The summed E-state index contributed by atoms with van der Waals surface area (Å²) >= 11 is 5.73. The van der Waals surface area contributed by atoms with E-state index >= 15 is 0 Å². The predicted octanol–water partition coefficient (Wildman–Crippen LogP) is 3.58. The fourth-order valence-corrected chi connectivity index (χ4v) is 1.86. The lowest BCUT2D eigenvalue weighted by molar-refractivity contribution is 0.386. The van der Waals surface area contributed by atoms with E-state index in [4.69, 9.17) is 16.3 Å². The molecule has 1 N–H and O–H groups in total. The second-order valence-corrected chi connectivity index (χ2v) is 4.86. The average Bonchev–Trinajstić information content (AvgIpc) is 2.38. The van der Waals surface area contributed by atoms with E-state index in [0.717, 1.165) is 24.9 Å². The Morgan fingerprint density at radius 2 is 2.22 bits per heavy atom. The Morgan fingerprint density at radius 1 is 1.44 bits per heavy atom. The molecule has 18 heavy (non-hydrogen) atoms. The number of hydrogen-bond donors (Lipinski definition) is 1. The van der Waals surface area contributed by atoms with Gasteiger partial charge in [0.2, 0.25) is 0 Å². The van der Waals surface area contributed by atoms with E-state index in [-0.39, 0.29) is 11.6 Å². The standard InChI is InChI=1S/C14H21ClFNO/c1-11(9-15)4-3-7-17-10-12-5-6-14(18-2)13(16)8-12/h5-6,8,11,17H,3-4,7,9-10H2,1-2H3. The molecule has 0 spiro atoms. The van der Waals surface area contributed by atoms with Crippen molar-refractivity contribution >= 4 is 11.6 Å². The number of ether oxygens (including phenoxy) is 1. The van der Waals surface area contributed by atoms with Crippen molar-refractivity contribution in [2.75, 3.05) is 19.5 Å². The molecule has 0 aliphatic carbocycles. The Morgan fingerprint density at radius 3 is 2.83 bits per heavy atom. The van der Waals surface area contributed by atoms with E-state index in [1.54, 1.807) is 6.07 Å². The Labute approximate surface area is 113 Å². The van der Waals surface area contributed by atoms with Gasteiger partial charge in [0.25, 0.3) is 0 Å². The Kier molecular flexibility index (Phi) is 7.06. The smallest absolute Gasteiger partial charge is 0.165 e. The highest BCUT2D eigenvalue weighted by Gasteiger charge is 2.03. The van der Waals surface area contributed by atoms with E-state index < -0.39 is 0 Å². The number of alkyl halides is 1. The fraction of sp³-hybridized carbons (Fsp3) is 0.571. The van der Waals surface area contributed by atoms with Gasteiger partial charge in [0.05, 0.1) is 7.11 Å². The average molecular weight is 274 g/mol. The highest BCUT2D eigenvalue weighted by atomic mass is 35.5. The van der Waals surface area contributed by atoms with E-state index in [1.165, 1.54) is 13.2 Å². The van der Waals surface area contributed by atoms with Gasteiger partial charge in [-0.3, -0.25) is 0 Å². The molecule has 0 aliphatic rings. The topological polar surface area (TPSA) is 21.3 Å². The van der Waals surface area contributed by atoms with E-state index in [1.807, 2.05) is 6.07 Å². The summed E-state index contributed by atoms with van der Waals surface area (Å²) < 4.78 is 18.3. The van der Waals surface area contributed by atoms with E-state index in [0.29, 0.717) is 18.3 Å². The maximum atomic E-state index is 13.4. The summed E-state index contributed by atoms with van der Waals surface area (Å²) in [5, 5.41) is 3.30. The van der Waals surface area contributed by atoms with Crippen molar-refractivity contribution in [1.29, 1.82) is 0 Å². The van der Waals surface area contributed by atoms with Crippen LogP contribution in [0.25, 0.3) is 0 Å². The lowest BCUT2D eigenvalue weighted by atomic mass is 10.1. The molecule has 0 saturated carbocycles. The van der Waals surface area contributed by atoms with Crippen LogP contribution in [-0.2, 0) is 6.54 Å². The van der Waals surface area contributed by atoms with Crippen LogP contribution >= 0.6 is 11.6 Å². The van der Waals surface area contributed by atoms with Crippen LogP contribution in [0.2, 0.25) is 0 Å². The number of rotatable bonds is 8. The summed E-state index contributed by atoms with van der Waals surface area (Å²) in [6.45, 7) is 3.75. The number of nitrogens with one attached hydrogen (secondary N) is 1. The van der Waals surface area contributed by atoms with Gasteiger partial charge in [0, 0.05) is 12.4 Å². The molecular formula is C14H21ClFNO. The maximum absolute atomic E-state index is 13.4. The van der Waals surface area contributed by atoms with Crippen LogP contribution in [0, 0.1) is 11.7 Å². The van der Waals surface area contributed by atoms with Crippen molar-refractivity contribution in [3.8, 4) is 5.75 Å². The second kappa shape index (κ2) is 8.33. The van der Waals surface area contributed by atoms with Crippen LogP contribution in [0.4, 0.5) is 4.39 Å². The number of methoxy groups -OCH3 is 1. The monoisotopic (exact) mass is 273 g/mol. The van der Waals surface area contributed by atoms with Crippen molar-refractivity contribution in [2.45, 2.75) is 26.3 Å². The molecule has 1 aromatic carbocycles. The van der Waals surface area contributed by atoms with Crippen molar-refractivity contribution in [3.05, 3.63) is 29.6 Å². The van der Waals surface area contributed by atoms with Gasteiger partial charge in [-0.05, 0) is 43.0 Å². The third-order valence-electron chi connectivity index (χ3n) is 2.86. The van der Waals surface area contributed by atoms with Crippen molar-refractivity contribution in [3.63, 3.8) is 0 Å². The molecule has 1 atom stereocenters. The van der Waals surface area contributed by atoms with Gasteiger partial charge in [-0.2, -0.15) is 0 Å². The first kappa shape index (κ1) is 15.3. The van der Waals surface area contributed by atoms with Crippen LogP contribution in [0.5, 0.6) is 5.75 Å². The molecule has 1 unspecified atom stereocenters. The molecule has 0 radical (unpaired) electrons. The normalized spacial score (nSPS) is 12.4. The lowest BCUT2D eigenvalue weighted by Gasteiger charge is -2.09. The molecule has 0 heterocycles. The molecule has 0 fully saturated rings. The second-order valence-electron chi connectivity index (χ2n) is 4.55. The Bertz CT molecular complexity index is 360. The molecule has 0 bridgehead atoms. The van der Waals surface area contributed by atoms with Gasteiger partial charge in [0.1, 0.15) is 0 Å². The number of halogens is 2. The predicted molar refractivity (Wildman–Crippen MR) is 73.8 cm³/mol. The first-order chi connectivity index (χ1) is 8.67.